The van der Waals surface area contributed by atoms with Crippen LogP contribution in [-0.2, 0) is 14.3 Å². The average molecular weight is 214 g/mol. The molecular formula is C12H22O3. The first-order chi connectivity index (χ1) is 7.17. The Morgan fingerprint density at radius 2 is 1.80 bits per heavy atom. The summed E-state index contributed by atoms with van der Waals surface area (Å²) in [5, 5.41) is 0. The Hall–Kier alpha value is -0.860. The molecule has 0 rings (SSSR count). The fourth-order valence-corrected chi connectivity index (χ4v) is 1.48. The van der Waals surface area contributed by atoms with Crippen LogP contribution in [0, 0.1) is 5.92 Å². The van der Waals surface area contributed by atoms with E-state index in [1.54, 1.807) is 6.92 Å². The SMILES string of the molecule is CCCCC(C(=O)CCC)C(=O)OCC. The van der Waals surface area contributed by atoms with Gasteiger partial charge >= 0.3 is 5.97 Å². The quantitative estimate of drug-likeness (QED) is 0.461. The highest BCUT2D eigenvalue weighted by Gasteiger charge is 2.25. The van der Waals surface area contributed by atoms with Crippen molar-refractivity contribution in [2.75, 3.05) is 6.61 Å². The zero-order valence-corrected chi connectivity index (χ0v) is 10.0. The monoisotopic (exact) mass is 214 g/mol. The average Bonchev–Trinajstić information content (AvgIpc) is 2.19. The summed E-state index contributed by atoms with van der Waals surface area (Å²) in [7, 11) is 0. The largest absolute Gasteiger partial charge is 0.465 e. The summed E-state index contributed by atoms with van der Waals surface area (Å²) < 4.78 is 4.91. The zero-order valence-electron chi connectivity index (χ0n) is 10.0. The van der Waals surface area contributed by atoms with E-state index in [2.05, 4.69) is 0 Å². The van der Waals surface area contributed by atoms with Crippen molar-refractivity contribution in [1.82, 2.24) is 0 Å². The van der Waals surface area contributed by atoms with Crippen LogP contribution in [0.4, 0.5) is 0 Å². The van der Waals surface area contributed by atoms with Crippen molar-refractivity contribution in [3.63, 3.8) is 0 Å². The van der Waals surface area contributed by atoms with Crippen molar-refractivity contribution in [2.45, 2.75) is 52.9 Å². The van der Waals surface area contributed by atoms with Crippen LogP contribution in [0.3, 0.4) is 0 Å². The lowest BCUT2D eigenvalue weighted by molar-refractivity contribution is -0.151. The lowest BCUT2D eigenvalue weighted by Crippen LogP contribution is -2.26. The van der Waals surface area contributed by atoms with Gasteiger partial charge in [-0.3, -0.25) is 9.59 Å². The summed E-state index contributed by atoms with van der Waals surface area (Å²) in [5.74, 6) is -0.835. The molecule has 3 heteroatoms. The van der Waals surface area contributed by atoms with Crippen molar-refractivity contribution in [2.24, 2.45) is 5.92 Å². The molecule has 15 heavy (non-hydrogen) atoms. The van der Waals surface area contributed by atoms with Gasteiger partial charge in [-0.2, -0.15) is 0 Å². The molecule has 88 valence electrons. The van der Waals surface area contributed by atoms with Crippen molar-refractivity contribution in [3.8, 4) is 0 Å². The van der Waals surface area contributed by atoms with E-state index in [1.807, 2.05) is 13.8 Å². The van der Waals surface area contributed by atoms with Gasteiger partial charge in [0, 0.05) is 6.42 Å². The van der Waals surface area contributed by atoms with Crippen LogP contribution in [0.2, 0.25) is 0 Å². The number of rotatable bonds is 8. The predicted molar refractivity (Wildman–Crippen MR) is 59.6 cm³/mol. The highest BCUT2D eigenvalue weighted by molar-refractivity contribution is 5.98. The van der Waals surface area contributed by atoms with Crippen molar-refractivity contribution in [1.29, 1.82) is 0 Å². The van der Waals surface area contributed by atoms with Crippen LogP contribution >= 0.6 is 0 Å². The summed E-state index contributed by atoms with van der Waals surface area (Å²) in [6, 6.07) is 0. The molecule has 0 aliphatic rings. The number of esters is 1. The molecule has 0 heterocycles. The molecular weight excluding hydrogens is 192 g/mol. The number of ketones is 1. The molecule has 0 aliphatic heterocycles. The molecule has 1 unspecified atom stereocenters. The van der Waals surface area contributed by atoms with Crippen LogP contribution in [0.25, 0.3) is 0 Å². The first-order valence-electron chi connectivity index (χ1n) is 5.86. The number of unbranched alkanes of at least 4 members (excludes halogenated alkanes) is 1. The third-order valence-corrected chi connectivity index (χ3v) is 2.30. The van der Waals surface area contributed by atoms with E-state index in [4.69, 9.17) is 4.74 Å². The highest BCUT2D eigenvalue weighted by Crippen LogP contribution is 2.14. The lowest BCUT2D eigenvalue weighted by atomic mass is 9.95. The number of hydrogen-bond donors (Lipinski definition) is 0. The fourth-order valence-electron chi connectivity index (χ4n) is 1.48. The molecule has 0 aromatic heterocycles. The van der Waals surface area contributed by atoms with Crippen molar-refractivity contribution < 1.29 is 14.3 Å². The molecule has 0 aromatic rings. The van der Waals surface area contributed by atoms with Gasteiger partial charge in [0.05, 0.1) is 6.61 Å². The minimum Gasteiger partial charge on any atom is -0.465 e. The van der Waals surface area contributed by atoms with Crippen LogP contribution in [0.5, 0.6) is 0 Å². The molecule has 0 saturated heterocycles. The Morgan fingerprint density at radius 1 is 1.13 bits per heavy atom. The van der Waals surface area contributed by atoms with Crippen molar-refractivity contribution in [3.05, 3.63) is 0 Å². The van der Waals surface area contributed by atoms with Crippen LogP contribution in [-0.4, -0.2) is 18.4 Å². The Kier molecular flexibility index (Phi) is 7.96. The van der Waals surface area contributed by atoms with E-state index in [0.717, 1.165) is 19.3 Å². The third kappa shape index (κ3) is 5.55. The second-order valence-corrected chi connectivity index (χ2v) is 3.66. The molecule has 0 radical (unpaired) electrons. The fraction of sp³-hybridized carbons (Fsp3) is 0.833. The van der Waals surface area contributed by atoms with Crippen LogP contribution in [0.1, 0.15) is 52.9 Å². The first-order valence-corrected chi connectivity index (χ1v) is 5.86. The van der Waals surface area contributed by atoms with Gasteiger partial charge in [-0.1, -0.05) is 26.7 Å². The van der Waals surface area contributed by atoms with Crippen LogP contribution in [0.15, 0.2) is 0 Å². The Bertz CT molecular complexity index is 181. The van der Waals surface area contributed by atoms with E-state index >= 15 is 0 Å². The van der Waals surface area contributed by atoms with Gasteiger partial charge < -0.3 is 4.74 Å². The van der Waals surface area contributed by atoms with Gasteiger partial charge in [0.2, 0.25) is 0 Å². The number of carbonyl (C=O) groups is 2. The first kappa shape index (κ1) is 14.1. The number of ether oxygens (including phenoxy) is 1. The van der Waals surface area contributed by atoms with Gasteiger partial charge in [-0.15, -0.1) is 0 Å². The number of hydrogen-bond acceptors (Lipinski definition) is 3. The minimum atomic E-state index is -0.523. The molecule has 0 aliphatic carbocycles. The number of Topliss-reactive ketones (excluding diaryl/α,β-unsaturated/α-hetero) is 1. The van der Waals surface area contributed by atoms with Crippen LogP contribution < -0.4 is 0 Å². The highest BCUT2D eigenvalue weighted by atomic mass is 16.5. The van der Waals surface area contributed by atoms with Gasteiger partial charge in [-0.25, -0.2) is 0 Å². The standard InChI is InChI=1S/C12H22O3/c1-4-7-9-10(11(13)8-5-2)12(14)15-6-3/h10H,4-9H2,1-3H3. The summed E-state index contributed by atoms with van der Waals surface area (Å²) in [5.41, 5.74) is 0. The Labute approximate surface area is 92.2 Å². The maximum atomic E-state index is 11.7. The normalized spacial score (nSPS) is 12.2. The van der Waals surface area contributed by atoms with Crippen molar-refractivity contribution >= 4 is 11.8 Å². The van der Waals surface area contributed by atoms with Gasteiger partial charge in [0.25, 0.3) is 0 Å². The van der Waals surface area contributed by atoms with E-state index < -0.39 is 5.92 Å². The van der Waals surface area contributed by atoms with E-state index in [0.29, 0.717) is 19.4 Å². The topological polar surface area (TPSA) is 43.4 Å². The maximum absolute atomic E-state index is 11.7. The minimum absolute atomic E-state index is 0.0319. The lowest BCUT2D eigenvalue weighted by Gasteiger charge is -2.13. The molecule has 0 amide bonds. The van der Waals surface area contributed by atoms with E-state index in [-0.39, 0.29) is 11.8 Å². The summed E-state index contributed by atoms with van der Waals surface area (Å²) in [6.45, 7) is 6.10. The second-order valence-electron chi connectivity index (χ2n) is 3.66. The summed E-state index contributed by atoms with van der Waals surface area (Å²) in [6.07, 6.45) is 3.80. The van der Waals surface area contributed by atoms with Gasteiger partial charge in [0.15, 0.2) is 0 Å². The van der Waals surface area contributed by atoms with Gasteiger partial charge in [0.1, 0.15) is 11.7 Å². The smallest absolute Gasteiger partial charge is 0.316 e. The molecule has 0 spiro atoms. The van der Waals surface area contributed by atoms with E-state index in [1.165, 1.54) is 0 Å². The predicted octanol–water partition coefficient (Wildman–Crippen LogP) is 2.73. The molecule has 0 N–H and O–H groups in total. The van der Waals surface area contributed by atoms with Gasteiger partial charge in [-0.05, 0) is 19.8 Å². The number of carbonyl (C=O) groups excluding carboxylic acids is 2. The molecule has 0 aromatic carbocycles. The Balaban J connectivity index is 4.28. The molecule has 0 bridgehead atoms. The Morgan fingerprint density at radius 3 is 2.27 bits per heavy atom. The summed E-state index contributed by atoms with van der Waals surface area (Å²) >= 11 is 0. The zero-order chi connectivity index (χ0) is 11.7. The molecule has 1 atom stereocenters. The summed E-state index contributed by atoms with van der Waals surface area (Å²) in [4.78, 5) is 23.2. The maximum Gasteiger partial charge on any atom is 0.316 e. The molecule has 0 fully saturated rings. The second kappa shape index (κ2) is 8.45. The molecule has 3 nitrogen and oxygen atoms in total. The molecule has 0 saturated carbocycles. The third-order valence-electron chi connectivity index (χ3n) is 2.30. The van der Waals surface area contributed by atoms with E-state index in [9.17, 15) is 9.59 Å².